The molecule has 4 nitrogen and oxygen atoms in total. The third-order valence-electron chi connectivity index (χ3n) is 2.88. The van der Waals surface area contributed by atoms with Crippen molar-refractivity contribution in [2.75, 3.05) is 0 Å². The summed E-state index contributed by atoms with van der Waals surface area (Å²) in [7, 11) is 0. The molecule has 5 heteroatoms. The first-order valence-corrected chi connectivity index (χ1v) is 6.66. The second-order valence-electron chi connectivity index (χ2n) is 4.05. The zero-order valence-corrected chi connectivity index (χ0v) is 11.8. The molecule has 94 valence electrons. The van der Waals surface area contributed by atoms with Crippen molar-refractivity contribution in [3.05, 3.63) is 62.2 Å². The van der Waals surface area contributed by atoms with E-state index in [4.69, 9.17) is 4.42 Å². The summed E-state index contributed by atoms with van der Waals surface area (Å²) >= 11 is 2.23. The fourth-order valence-corrected chi connectivity index (χ4v) is 2.80. The molecule has 1 aromatic heterocycles. The summed E-state index contributed by atoms with van der Waals surface area (Å²) in [5.74, 6) is 0.747. The molecule has 0 aliphatic heterocycles. The summed E-state index contributed by atoms with van der Waals surface area (Å²) in [5, 5.41) is 11.7. The van der Waals surface area contributed by atoms with Crippen molar-refractivity contribution >= 4 is 39.2 Å². The highest BCUT2D eigenvalue weighted by Gasteiger charge is 2.14. The quantitative estimate of drug-likeness (QED) is 0.379. The summed E-state index contributed by atoms with van der Waals surface area (Å²) in [6.45, 7) is 0. The number of nitro groups is 1. The fraction of sp³-hybridized carbons (Fsp3) is 0. The van der Waals surface area contributed by atoms with Crippen LogP contribution in [0.2, 0.25) is 0 Å². The van der Waals surface area contributed by atoms with E-state index in [0.717, 1.165) is 25.9 Å². The molecular weight excluding hydrogens is 357 g/mol. The Morgan fingerprint density at radius 2 is 1.74 bits per heavy atom. The van der Waals surface area contributed by atoms with Gasteiger partial charge in [0, 0.05) is 23.1 Å². The fourth-order valence-electron chi connectivity index (χ4n) is 1.93. The van der Waals surface area contributed by atoms with Gasteiger partial charge >= 0.3 is 0 Å². The first-order valence-electron chi connectivity index (χ1n) is 5.58. The summed E-state index contributed by atoms with van der Waals surface area (Å²) in [6.07, 6.45) is 0. The van der Waals surface area contributed by atoms with Crippen LogP contribution in [0.25, 0.3) is 22.3 Å². The summed E-state index contributed by atoms with van der Waals surface area (Å²) < 4.78 is 6.82. The van der Waals surface area contributed by atoms with Gasteiger partial charge in [-0.1, -0.05) is 18.2 Å². The molecule has 19 heavy (non-hydrogen) atoms. The number of para-hydroxylation sites is 1. The minimum absolute atomic E-state index is 0.0786. The van der Waals surface area contributed by atoms with E-state index in [1.165, 1.54) is 12.1 Å². The smallest absolute Gasteiger partial charge is 0.269 e. The van der Waals surface area contributed by atoms with E-state index >= 15 is 0 Å². The number of nitro benzene ring substituents is 1. The van der Waals surface area contributed by atoms with Crippen molar-refractivity contribution in [2.45, 2.75) is 0 Å². The molecule has 3 aromatic rings. The van der Waals surface area contributed by atoms with E-state index in [1.807, 2.05) is 24.3 Å². The van der Waals surface area contributed by atoms with Crippen LogP contribution in [0.5, 0.6) is 0 Å². The van der Waals surface area contributed by atoms with E-state index in [-0.39, 0.29) is 5.69 Å². The number of hydrogen-bond acceptors (Lipinski definition) is 3. The molecule has 3 rings (SSSR count). The monoisotopic (exact) mass is 365 g/mol. The molecule has 0 atom stereocenters. The maximum Gasteiger partial charge on any atom is 0.269 e. The molecule has 0 aliphatic rings. The molecule has 0 amide bonds. The Balaban J connectivity index is 2.13. The molecule has 0 saturated carbocycles. The molecule has 2 aromatic carbocycles. The van der Waals surface area contributed by atoms with Gasteiger partial charge in [0.1, 0.15) is 11.3 Å². The van der Waals surface area contributed by atoms with Crippen LogP contribution in [0.15, 0.2) is 52.9 Å². The summed E-state index contributed by atoms with van der Waals surface area (Å²) in [5.41, 5.74) is 1.74. The minimum Gasteiger partial charge on any atom is -0.455 e. The predicted octanol–water partition coefficient (Wildman–Crippen LogP) is 4.61. The van der Waals surface area contributed by atoms with Gasteiger partial charge in [-0.15, -0.1) is 0 Å². The molecule has 0 unspecified atom stereocenters. The van der Waals surface area contributed by atoms with Crippen molar-refractivity contribution in [1.29, 1.82) is 0 Å². The van der Waals surface area contributed by atoms with Crippen molar-refractivity contribution in [1.82, 2.24) is 0 Å². The number of nitrogens with zero attached hydrogens (tertiary/aromatic N) is 1. The van der Waals surface area contributed by atoms with Gasteiger partial charge in [-0.05, 0) is 40.8 Å². The van der Waals surface area contributed by atoms with Gasteiger partial charge in [0.15, 0.2) is 0 Å². The number of hydrogen-bond donors (Lipinski definition) is 0. The molecule has 0 N–H and O–H groups in total. The molecule has 1 heterocycles. The van der Waals surface area contributed by atoms with Crippen molar-refractivity contribution in [3.8, 4) is 11.3 Å². The zero-order valence-electron chi connectivity index (χ0n) is 9.67. The second-order valence-corrected chi connectivity index (χ2v) is 5.12. The Kier molecular flexibility index (Phi) is 2.98. The number of benzene rings is 2. The van der Waals surface area contributed by atoms with Crippen LogP contribution < -0.4 is 0 Å². The molecule has 0 radical (unpaired) electrons. The van der Waals surface area contributed by atoms with E-state index in [0.29, 0.717) is 0 Å². The molecule has 0 aliphatic carbocycles. The third kappa shape index (κ3) is 2.10. The van der Waals surface area contributed by atoms with E-state index in [2.05, 4.69) is 22.6 Å². The van der Waals surface area contributed by atoms with Gasteiger partial charge < -0.3 is 4.42 Å². The standard InChI is InChI=1S/C14H8INO3/c15-13-11-3-1-2-4-12(11)19-14(13)9-5-7-10(8-6-9)16(17)18/h1-8H. The Morgan fingerprint density at radius 1 is 1.05 bits per heavy atom. The van der Waals surface area contributed by atoms with Crippen LogP contribution in [-0.4, -0.2) is 4.92 Å². The number of halogens is 1. The maximum atomic E-state index is 10.6. The first-order chi connectivity index (χ1) is 9.16. The highest BCUT2D eigenvalue weighted by atomic mass is 127. The van der Waals surface area contributed by atoms with E-state index < -0.39 is 4.92 Å². The lowest BCUT2D eigenvalue weighted by Crippen LogP contribution is -1.87. The summed E-state index contributed by atoms with van der Waals surface area (Å²) in [6, 6.07) is 14.2. The molecule has 0 bridgehead atoms. The lowest BCUT2D eigenvalue weighted by molar-refractivity contribution is -0.384. The Morgan fingerprint density at radius 3 is 2.37 bits per heavy atom. The lowest BCUT2D eigenvalue weighted by Gasteiger charge is -1.97. The van der Waals surface area contributed by atoms with Gasteiger partial charge in [0.25, 0.3) is 5.69 Å². The molecule has 0 spiro atoms. The third-order valence-corrected chi connectivity index (χ3v) is 3.95. The molecular formula is C14H8INO3. The van der Waals surface area contributed by atoms with Crippen LogP contribution in [0.3, 0.4) is 0 Å². The van der Waals surface area contributed by atoms with Crippen molar-refractivity contribution in [3.63, 3.8) is 0 Å². The van der Waals surface area contributed by atoms with Crippen LogP contribution in [-0.2, 0) is 0 Å². The predicted molar refractivity (Wildman–Crippen MR) is 81.0 cm³/mol. The van der Waals surface area contributed by atoms with Gasteiger partial charge in [-0.25, -0.2) is 0 Å². The molecule has 0 saturated heterocycles. The number of furan rings is 1. The van der Waals surface area contributed by atoms with Crippen LogP contribution in [0.1, 0.15) is 0 Å². The average molecular weight is 365 g/mol. The molecule has 0 fully saturated rings. The Labute approximate surface area is 122 Å². The maximum absolute atomic E-state index is 10.6. The van der Waals surface area contributed by atoms with Crippen molar-refractivity contribution < 1.29 is 9.34 Å². The topological polar surface area (TPSA) is 56.3 Å². The number of non-ortho nitro benzene ring substituents is 1. The minimum atomic E-state index is -0.409. The highest BCUT2D eigenvalue weighted by molar-refractivity contribution is 14.1. The van der Waals surface area contributed by atoms with Gasteiger partial charge in [-0.3, -0.25) is 10.1 Å². The Hall–Kier alpha value is -1.89. The van der Waals surface area contributed by atoms with Gasteiger partial charge in [-0.2, -0.15) is 0 Å². The summed E-state index contributed by atoms with van der Waals surface area (Å²) in [4.78, 5) is 10.2. The largest absolute Gasteiger partial charge is 0.455 e. The van der Waals surface area contributed by atoms with Crippen molar-refractivity contribution in [2.24, 2.45) is 0 Å². The first kappa shape index (κ1) is 12.2. The van der Waals surface area contributed by atoms with E-state index in [9.17, 15) is 10.1 Å². The SMILES string of the molecule is O=[N+]([O-])c1ccc(-c2oc3ccccc3c2I)cc1. The van der Waals surface area contributed by atoms with Gasteiger partial charge in [0.05, 0.1) is 8.49 Å². The Bertz CT molecular complexity index is 762. The van der Waals surface area contributed by atoms with Crippen LogP contribution in [0.4, 0.5) is 5.69 Å². The van der Waals surface area contributed by atoms with E-state index in [1.54, 1.807) is 12.1 Å². The zero-order chi connectivity index (χ0) is 13.4. The lowest BCUT2D eigenvalue weighted by atomic mass is 10.1. The normalized spacial score (nSPS) is 10.8. The highest BCUT2D eigenvalue weighted by Crippen LogP contribution is 2.34. The van der Waals surface area contributed by atoms with Gasteiger partial charge in [0.2, 0.25) is 0 Å². The second kappa shape index (κ2) is 4.65. The van der Waals surface area contributed by atoms with Crippen LogP contribution in [0, 0.1) is 13.7 Å². The number of rotatable bonds is 2. The average Bonchev–Trinajstić information content (AvgIpc) is 2.77. The number of fused-ring (bicyclic) bond motifs is 1. The van der Waals surface area contributed by atoms with Crippen LogP contribution >= 0.6 is 22.6 Å².